The number of halogens is 1. The Bertz CT molecular complexity index is 293. The number of aliphatic hydroxyl groups is 1. The Morgan fingerprint density at radius 3 is 2.77 bits per heavy atom. The third-order valence-electron chi connectivity index (χ3n) is 1.78. The van der Waals surface area contributed by atoms with Crippen LogP contribution in [0.2, 0.25) is 0 Å². The summed E-state index contributed by atoms with van der Waals surface area (Å²) in [6.07, 6.45) is 1.45. The van der Waals surface area contributed by atoms with Gasteiger partial charge in [0.1, 0.15) is 0 Å². The summed E-state index contributed by atoms with van der Waals surface area (Å²) in [4.78, 5) is 1.16. The zero-order valence-corrected chi connectivity index (χ0v) is 9.73. The van der Waals surface area contributed by atoms with Crippen LogP contribution >= 0.6 is 27.7 Å². The summed E-state index contributed by atoms with van der Waals surface area (Å²) in [5.74, 6) is 0. The van der Waals surface area contributed by atoms with Gasteiger partial charge in [-0.05, 0) is 39.9 Å². The molecule has 4 heteroatoms. The molecule has 0 saturated heterocycles. The molecular weight excluding hydrogens is 250 g/mol. The molecule has 13 heavy (non-hydrogen) atoms. The molecule has 2 nitrogen and oxygen atoms in total. The van der Waals surface area contributed by atoms with E-state index in [1.807, 2.05) is 24.5 Å². The lowest BCUT2D eigenvalue weighted by molar-refractivity contribution is 0.186. The van der Waals surface area contributed by atoms with Gasteiger partial charge in [-0.15, -0.1) is 11.8 Å². The van der Waals surface area contributed by atoms with Crippen molar-refractivity contribution in [3.63, 3.8) is 0 Å². The fourth-order valence-corrected chi connectivity index (χ4v) is 2.37. The number of aliphatic hydroxyl groups excluding tert-OH is 1. The molecule has 0 amide bonds. The van der Waals surface area contributed by atoms with E-state index >= 15 is 0 Å². The summed E-state index contributed by atoms with van der Waals surface area (Å²) >= 11 is 5.10. The minimum absolute atomic E-state index is 0.255. The molecule has 1 unspecified atom stereocenters. The molecular formula is C9H12BrNOS. The predicted octanol–water partition coefficient (Wildman–Crippen LogP) is 2.16. The maximum Gasteiger partial charge on any atom is 0.0912 e. The second kappa shape index (κ2) is 5.00. The molecule has 0 bridgehead atoms. The topological polar surface area (TPSA) is 46.2 Å². The lowest BCUT2D eigenvalue weighted by atomic mass is 10.1. The van der Waals surface area contributed by atoms with E-state index in [-0.39, 0.29) is 6.54 Å². The van der Waals surface area contributed by atoms with Crippen molar-refractivity contribution < 1.29 is 5.11 Å². The molecule has 0 aromatic heterocycles. The molecule has 1 aromatic rings. The minimum Gasteiger partial charge on any atom is -0.387 e. The molecule has 3 N–H and O–H groups in total. The molecule has 72 valence electrons. The van der Waals surface area contributed by atoms with Crippen LogP contribution in [0.3, 0.4) is 0 Å². The van der Waals surface area contributed by atoms with Crippen molar-refractivity contribution >= 4 is 27.7 Å². The second-order valence-electron chi connectivity index (χ2n) is 2.65. The lowest BCUT2D eigenvalue weighted by Gasteiger charge is -2.09. The highest BCUT2D eigenvalue weighted by Gasteiger charge is 2.06. The SMILES string of the molecule is CSc1ccc(C(O)CN)cc1Br. The van der Waals surface area contributed by atoms with Gasteiger partial charge in [-0.3, -0.25) is 0 Å². The van der Waals surface area contributed by atoms with E-state index in [0.717, 1.165) is 14.9 Å². The first-order valence-corrected chi connectivity index (χ1v) is 5.92. The third-order valence-corrected chi connectivity index (χ3v) is 3.50. The van der Waals surface area contributed by atoms with Gasteiger partial charge in [0.05, 0.1) is 6.10 Å². The van der Waals surface area contributed by atoms with Gasteiger partial charge in [0, 0.05) is 15.9 Å². The fourth-order valence-electron chi connectivity index (χ4n) is 1.03. The largest absolute Gasteiger partial charge is 0.387 e. The van der Waals surface area contributed by atoms with Crippen molar-refractivity contribution in [2.75, 3.05) is 12.8 Å². The zero-order valence-electron chi connectivity index (χ0n) is 7.33. The van der Waals surface area contributed by atoms with Gasteiger partial charge in [-0.25, -0.2) is 0 Å². The van der Waals surface area contributed by atoms with Crippen LogP contribution < -0.4 is 5.73 Å². The molecule has 0 heterocycles. The summed E-state index contributed by atoms with van der Waals surface area (Å²) < 4.78 is 1.00. The average molecular weight is 262 g/mol. The first-order chi connectivity index (χ1) is 6.19. The van der Waals surface area contributed by atoms with Crippen molar-refractivity contribution in [3.8, 4) is 0 Å². The standard InChI is InChI=1S/C9H12BrNOS/c1-13-9-3-2-6(4-7(9)10)8(12)5-11/h2-4,8,12H,5,11H2,1H3. The summed E-state index contributed by atoms with van der Waals surface area (Å²) in [5.41, 5.74) is 6.21. The van der Waals surface area contributed by atoms with Crippen molar-refractivity contribution in [2.45, 2.75) is 11.0 Å². The number of nitrogens with two attached hydrogens (primary N) is 1. The van der Waals surface area contributed by atoms with Gasteiger partial charge < -0.3 is 10.8 Å². The van der Waals surface area contributed by atoms with Gasteiger partial charge in [0.2, 0.25) is 0 Å². The Kier molecular flexibility index (Phi) is 4.25. The van der Waals surface area contributed by atoms with Gasteiger partial charge in [-0.2, -0.15) is 0 Å². The predicted molar refractivity (Wildman–Crippen MR) is 59.9 cm³/mol. The Morgan fingerprint density at radius 1 is 1.62 bits per heavy atom. The highest BCUT2D eigenvalue weighted by molar-refractivity contribution is 9.10. The summed E-state index contributed by atoms with van der Waals surface area (Å²) in [7, 11) is 0. The van der Waals surface area contributed by atoms with E-state index in [9.17, 15) is 5.11 Å². The van der Waals surface area contributed by atoms with Crippen LogP contribution in [0.5, 0.6) is 0 Å². The van der Waals surface area contributed by atoms with Gasteiger partial charge in [0.15, 0.2) is 0 Å². The zero-order chi connectivity index (χ0) is 9.84. The molecule has 1 atom stereocenters. The number of thioether (sulfide) groups is 1. The number of benzene rings is 1. The normalized spacial score (nSPS) is 12.9. The molecule has 0 aliphatic rings. The van der Waals surface area contributed by atoms with Crippen molar-refractivity contribution in [3.05, 3.63) is 28.2 Å². The van der Waals surface area contributed by atoms with Gasteiger partial charge >= 0.3 is 0 Å². The highest BCUT2D eigenvalue weighted by Crippen LogP contribution is 2.28. The van der Waals surface area contributed by atoms with Gasteiger partial charge in [-0.1, -0.05) is 6.07 Å². The lowest BCUT2D eigenvalue weighted by Crippen LogP contribution is -2.11. The second-order valence-corrected chi connectivity index (χ2v) is 4.35. The van der Waals surface area contributed by atoms with Crippen LogP contribution in [0.1, 0.15) is 11.7 Å². The van der Waals surface area contributed by atoms with E-state index in [4.69, 9.17) is 5.73 Å². The first-order valence-electron chi connectivity index (χ1n) is 3.90. The summed E-state index contributed by atoms with van der Waals surface area (Å²) in [6.45, 7) is 0.255. The average Bonchev–Trinajstić information content (AvgIpc) is 2.16. The maximum absolute atomic E-state index is 9.46. The molecule has 0 radical (unpaired) electrons. The van der Waals surface area contributed by atoms with Crippen molar-refractivity contribution in [2.24, 2.45) is 5.73 Å². The van der Waals surface area contributed by atoms with Crippen molar-refractivity contribution in [1.29, 1.82) is 0 Å². The van der Waals surface area contributed by atoms with Crippen molar-refractivity contribution in [1.82, 2.24) is 0 Å². The van der Waals surface area contributed by atoms with Crippen LogP contribution in [-0.4, -0.2) is 17.9 Å². The Labute approximate surface area is 90.7 Å². The Balaban J connectivity index is 2.95. The Hall–Kier alpha value is -0.0300. The van der Waals surface area contributed by atoms with Crippen LogP contribution in [-0.2, 0) is 0 Å². The summed E-state index contributed by atoms with van der Waals surface area (Å²) in [5, 5.41) is 9.46. The summed E-state index contributed by atoms with van der Waals surface area (Å²) in [6, 6.07) is 5.78. The monoisotopic (exact) mass is 261 g/mol. The van der Waals surface area contributed by atoms with Crippen LogP contribution in [0.15, 0.2) is 27.6 Å². The maximum atomic E-state index is 9.46. The van der Waals surface area contributed by atoms with E-state index in [2.05, 4.69) is 15.9 Å². The van der Waals surface area contributed by atoms with E-state index in [1.165, 1.54) is 0 Å². The van der Waals surface area contributed by atoms with E-state index < -0.39 is 6.10 Å². The molecule has 0 aliphatic heterocycles. The van der Waals surface area contributed by atoms with E-state index in [1.54, 1.807) is 11.8 Å². The molecule has 0 aliphatic carbocycles. The molecule has 0 fully saturated rings. The number of rotatable bonds is 3. The molecule has 1 aromatic carbocycles. The Morgan fingerprint density at radius 2 is 2.31 bits per heavy atom. The quantitative estimate of drug-likeness (QED) is 0.820. The van der Waals surface area contributed by atoms with Crippen LogP contribution in [0.4, 0.5) is 0 Å². The van der Waals surface area contributed by atoms with E-state index in [0.29, 0.717) is 0 Å². The highest BCUT2D eigenvalue weighted by atomic mass is 79.9. The number of hydrogen-bond acceptors (Lipinski definition) is 3. The third kappa shape index (κ3) is 2.71. The molecule has 1 rings (SSSR count). The van der Waals surface area contributed by atoms with Crippen LogP contribution in [0.25, 0.3) is 0 Å². The number of hydrogen-bond donors (Lipinski definition) is 2. The fraction of sp³-hybridized carbons (Fsp3) is 0.333. The van der Waals surface area contributed by atoms with Gasteiger partial charge in [0.25, 0.3) is 0 Å². The smallest absolute Gasteiger partial charge is 0.0912 e. The molecule has 0 spiro atoms. The minimum atomic E-state index is -0.563. The molecule has 0 saturated carbocycles. The van der Waals surface area contributed by atoms with Crippen LogP contribution in [0, 0.1) is 0 Å². The first kappa shape index (κ1) is 11.0.